The molecule has 5 nitrogen and oxygen atoms in total. The second-order valence-electron chi connectivity index (χ2n) is 5.56. The topological polar surface area (TPSA) is 47.4 Å². The summed E-state index contributed by atoms with van der Waals surface area (Å²) in [5, 5.41) is 4.94. The van der Waals surface area contributed by atoms with Gasteiger partial charge in [-0.3, -0.25) is 9.48 Å². The highest BCUT2D eigenvalue weighted by molar-refractivity contribution is 6.30. The highest BCUT2D eigenvalue weighted by Crippen LogP contribution is 2.17. The van der Waals surface area contributed by atoms with E-state index in [-0.39, 0.29) is 5.91 Å². The molecule has 1 aromatic heterocycles. The lowest BCUT2D eigenvalue weighted by molar-refractivity contribution is 0.0739. The van der Waals surface area contributed by atoms with E-state index in [1.807, 2.05) is 30.7 Å². The Hall–Kier alpha value is -2.01. The minimum absolute atomic E-state index is 0.00736. The molecule has 0 aliphatic heterocycles. The zero-order valence-corrected chi connectivity index (χ0v) is 15.2. The van der Waals surface area contributed by atoms with E-state index in [1.54, 1.807) is 23.2 Å². The Balaban J connectivity index is 1.96. The lowest BCUT2D eigenvalue weighted by Crippen LogP contribution is -2.34. The second kappa shape index (κ2) is 8.73. The molecule has 0 aliphatic carbocycles. The average Bonchev–Trinajstić information content (AvgIpc) is 2.92. The van der Waals surface area contributed by atoms with E-state index in [2.05, 4.69) is 12.0 Å². The summed E-state index contributed by atoms with van der Waals surface area (Å²) in [5.74, 6) is 0.699. The molecule has 2 rings (SSSR count). The number of aryl methyl sites for hydroxylation is 1. The molecular formula is C18H24ClN3O2. The number of hydrogen-bond acceptors (Lipinski definition) is 3. The van der Waals surface area contributed by atoms with Gasteiger partial charge in [0.25, 0.3) is 5.91 Å². The first-order valence-electron chi connectivity index (χ1n) is 8.26. The number of amides is 1. The van der Waals surface area contributed by atoms with E-state index in [1.165, 1.54) is 0 Å². The van der Waals surface area contributed by atoms with Crippen molar-refractivity contribution >= 4 is 17.5 Å². The SMILES string of the molecule is CCCn1ncc(C(=O)N(CC)CCOc2cccc(Cl)c2)c1C. The molecule has 0 aliphatic rings. The van der Waals surface area contributed by atoms with Crippen LogP contribution in [0.3, 0.4) is 0 Å². The lowest BCUT2D eigenvalue weighted by atomic mass is 10.2. The molecule has 0 saturated carbocycles. The Morgan fingerprint density at radius 2 is 2.17 bits per heavy atom. The molecule has 1 amide bonds. The third kappa shape index (κ3) is 4.51. The van der Waals surface area contributed by atoms with Crippen LogP contribution in [0.25, 0.3) is 0 Å². The zero-order chi connectivity index (χ0) is 17.5. The van der Waals surface area contributed by atoms with Crippen LogP contribution in [0.2, 0.25) is 5.02 Å². The van der Waals surface area contributed by atoms with Crippen LogP contribution in [0.15, 0.2) is 30.5 Å². The van der Waals surface area contributed by atoms with Crippen molar-refractivity contribution in [2.45, 2.75) is 33.7 Å². The Kier molecular flexibility index (Phi) is 6.67. The number of carbonyl (C=O) groups excluding carboxylic acids is 1. The number of carbonyl (C=O) groups is 1. The van der Waals surface area contributed by atoms with Crippen LogP contribution in [0, 0.1) is 6.92 Å². The van der Waals surface area contributed by atoms with Crippen molar-refractivity contribution in [3.63, 3.8) is 0 Å². The van der Waals surface area contributed by atoms with Crippen molar-refractivity contribution in [2.24, 2.45) is 0 Å². The predicted octanol–water partition coefficient (Wildman–Crippen LogP) is 3.80. The molecule has 0 spiro atoms. The van der Waals surface area contributed by atoms with Crippen molar-refractivity contribution in [3.05, 3.63) is 46.7 Å². The first-order valence-corrected chi connectivity index (χ1v) is 8.64. The van der Waals surface area contributed by atoms with Crippen LogP contribution >= 0.6 is 11.6 Å². The predicted molar refractivity (Wildman–Crippen MR) is 95.8 cm³/mol. The summed E-state index contributed by atoms with van der Waals surface area (Å²) >= 11 is 5.94. The molecule has 0 bridgehead atoms. The molecule has 2 aromatic rings. The van der Waals surface area contributed by atoms with Crippen molar-refractivity contribution in [2.75, 3.05) is 19.7 Å². The molecule has 0 saturated heterocycles. The molecule has 0 N–H and O–H groups in total. The fraction of sp³-hybridized carbons (Fsp3) is 0.444. The maximum absolute atomic E-state index is 12.7. The van der Waals surface area contributed by atoms with E-state index in [0.717, 1.165) is 18.7 Å². The third-order valence-corrected chi connectivity index (χ3v) is 4.10. The molecule has 24 heavy (non-hydrogen) atoms. The molecular weight excluding hydrogens is 326 g/mol. The Bertz CT molecular complexity index is 685. The van der Waals surface area contributed by atoms with Crippen molar-refractivity contribution in [3.8, 4) is 5.75 Å². The number of rotatable bonds is 8. The number of ether oxygens (including phenoxy) is 1. The van der Waals surface area contributed by atoms with Gasteiger partial charge in [0, 0.05) is 23.8 Å². The summed E-state index contributed by atoms with van der Waals surface area (Å²) in [4.78, 5) is 14.5. The lowest BCUT2D eigenvalue weighted by Gasteiger charge is -2.21. The molecule has 1 aromatic carbocycles. The molecule has 6 heteroatoms. The van der Waals surface area contributed by atoms with Crippen LogP contribution in [-0.2, 0) is 6.54 Å². The number of likely N-dealkylation sites (N-methyl/N-ethyl adjacent to an activating group) is 1. The maximum atomic E-state index is 12.7. The van der Waals surface area contributed by atoms with Crippen LogP contribution in [0.5, 0.6) is 5.75 Å². The van der Waals surface area contributed by atoms with E-state index < -0.39 is 0 Å². The first kappa shape index (κ1) is 18.3. The highest BCUT2D eigenvalue weighted by Gasteiger charge is 2.19. The number of nitrogens with zero attached hydrogens (tertiary/aromatic N) is 3. The molecule has 1 heterocycles. The van der Waals surface area contributed by atoms with Crippen LogP contribution in [0.1, 0.15) is 36.3 Å². The summed E-state index contributed by atoms with van der Waals surface area (Å²) in [7, 11) is 0. The molecule has 0 radical (unpaired) electrons. The third-order valence-electron chi connectivity index (χ3n) is 3.86. The van der Waals surface area contributed by atoms with E-state index in [9.17, 15) is 4.79 Å². The minimum atomic E-state index is -0.00736. The number of hydrogen-bond donors (Lipinski definition) is 0. The quantitative estimate of drug-likeness (QED) is 0.728. The summed E-state index contributed by atoms with van der Waals surface area (Å²) in [6.45, 7) is 8.37. The normalized spacial score (nSPS) is 10.7. The summed E-state index contributed by atoms with van der Waals surface area (Å²) in [6, 6.07) is 7.25. The van der Waals surface area contributed by atoms with Crippen LogP contribution < -0.4 is 4.74 Å². The fourth-order valence-electron chi connectivity index (χ4n) is 2.50. The molecule has 0 fully saturated rings. The van der Waals surface area contributed by atoms with Crippen LogP contribution in [-0.4, -0.2) is 40.3 Å². The Morgan fingerprint density at radius 1 is 1.38 bits per heavy atom. The van der Waals surface area contributed by atoms with E-state index in [4.69, 9.17) is 16.3 Å². The number of halogens is 1. The largest absolute Gasteiger partial charge is 0.492 e. The molecule has 0 atom stereocenters. The van der Waals surface area contributed by atoms with E-state index >= 15 is 0 Å². The summed E-state index contributed by atoms with van der Waals surface area (Å²) in [6.07, 6.45) is 2.65. The standard InChI is InChI=1S/C18H24ClN3O2/c1-4-9-22-14(3)17(13-20-22)18(23)21(5-2)10-11-24-16-8-6-7-15(19)12-16/h6-8,12-13H,4-5,9-11H2,1-3H3. The van der Waals surface area contributed by atoms with Gasteiger partial charge in [-0.25, -0.2) is 0 Å². The van der Waals surface area contributed by atoms with Crippen molar-refractivity contribution in [1.82, 2.24) is 14.7 Å². The monoisotopic (exact) mass is 349 g/mol. The summed E-state index contributed by atoms with van der Waals surface area (Å²) < 4.78 is 7.56. The van der Waals surface area contributed by atoms with Gasteiger partial charge in [0.1, 0.15) is 12.4 Å². The van der Waals surface area contributed by atoms with Gasteiger partial charge in [0.15, 0.2) is 0 Å². The van der Waals surface area contributed by atoms with Crippen molar-refractivity contribution in [1.29, 1.82) is 0 Å². The minimum Gasteiger partial charge on any atom is -0.492 e. The molecule has 130 valence electrons. The van der Waals surface area contributed by atoms with Crippen molar-refractivity contribution < 1.29 is 9.53 Å². The van der Waals surface area contributed by atoms with Gasteiger partial charge in [-0.2, -0.15) is 5.10 Å². The number of benzene rings is 1. The van der Waals surface area contributed by atoms with Gasteiger partial charge >= 0.3 is 0 Å². The summed E-state index contributed by atoms with van der Waals surface area (Å²) in [5.41, 5.74) is 1.57. The average molecular weight is 350 g/mol. The van der Waals surface area contributed by atoms with Gasteiger partial charge in [0.05, 0.1) is 18.3 Å². The zero-order valence-electron chi connectivity index (χ0n) is 14.5. The Morgan fingerprint density at radius 3 is 2.83 bits per heavy atom. The molecule has 0 unspecified atom stereocenters. The maximum Gasteiger partial charge on any atom is 0.257 e. The Labute approximate surface area is 148 Å². The second-order valence-corrected chi connectivity index (χ2v) is 5.99. The number of aromatic nitrogens is 2. The van der Waals surface area contributed by atoms with Gasteiger partial charge in [-0.05, 0) is 38.5 Å². The fourth-order valence-corrected chi connectivity index (χ4v) is 2.68. The first-order chi connectivity index (χ1) is 11.6. The van der Waals surface area contributed by atoms with Gasteiger partial charge in [-0.15, -0.1) is 0 Å². The van der Waals surface area contributed by atoms with Gasteiger partial charge in [-0.1, -0.05) is 24.6 Å². The van der Waals surface area contributed by atoms with Gasteiger partial charge < -0.3 is 9.64 Å². The van der Waals surface area contributed by atoms with E-state index in [0.29, 0.717) is 36.0 Å². The van der Waals surface area contributed by atoms with Gasteiger partial charge in [0.2, 0.25) is 0 Å². The highest BCUT2D eigenvalue weighted by atomic mass is 35.5. The van der Waals surface area contributed by atoms with Crippen LogP contribution in [0.4, 0.5) is 0 Å². The smallest absolute Gasteiger partial charge is 0.257 e.